The van der Waals surface area contributed by atoms with E-state index in [1.54, 1.807) is 43.5 Å². The van der Waals surface area contributed by atoms with Crippen LogP contribution >= 0.6 is 0 Å². The first kappa shape index (κ1) is 16.8. The van der Waals surface area contributed by atoms with E-state index in [2.05, 4.69) is 5.32 Å². The van der Waals surface area contributed by atoms with E-state index in [-0.39, 0.29) is 29.5 Å². The molecule has 7 nitrogen and oxygen atoms in total. The van der Waals surface area contributed by atoms with Crippen LogP contribution in [0.3, 0.4) is 0 Å². The zero-order chi connectivity index (χ0) is 17.6. The van der Waals surface area contributed by atoms with E-state index in [9.17, 15) is 9.59 Å². The quantitative estimate of drug-likeness (QED) is 0.661. The third-order valence-electron chi connectivity index (χ3n) is 3.48. The molecule has 1 N–H and O–H groups in total. The SMILES string of the molecule is COCCNC(=O)COc1c(-c2ccco2)oc2ccccc2c1=O. The molecule has 0 aliphatic carbocycles. The van der Waals surface area contributed by atoms with Gasteiger partial charge in [-0.25, -0.2) is 0 Å². The average Bonchev–Trinajstić information content (AvgIpc) is 3.15. The molecule has 3 aromatic rings. The number of nitrogens with one attached hydrogen (secondary N) is 1. The van der Waals surface area contributed by atoms with Gasteiger partial charge in [-0.2, -0.15) is 0 Å². The predicted molar refractivity (Wildman–Crippen MR) is 90.6 cm³/mol. The molecular formula is C18H17NO6. The lowest BCUT2D eigenvalue weighted by molar-refractivity contribution is -0.123. The Hall–Kier alpha value is -3.06. The highest BCUT2D eigenvalue weighted by atomic mass is 16.5. The van der Waals surface area contributed by atoms with Crippen LogP contribution in [-0.4, -0.2) is 32.8 Å². The molecule has 0 saturated carbocycles. The van der Waals surface area contributed by atoms with Crippen LogP contribution in [0.2, 0.25) is 0 Å². The van der Waals surface area contributed by atoms with Crippen LogP contribution in [-0.2, 0) is 9.53 Å². The number of rotatable bonds is 7. The van der Waals surface area contributed by atoms with E-state index < -0.39 is 0 Å². The van der Waals surface area contributed by atoms with E-state index >= 15 is 0 Å². The maximum atomic E-state index is 12.7. The Labute approximate surface area is 143 Å². The third kappa shape index (κ3) is 3.72. The smallest absolute Gasteiger partial charge is 0.258 e. The molecule has 3 rings (SSSR count). The topological polar surface area (TPSA) is 90.9 Å². The molecule has 0 atom stereocenters. The Balaban J connectivity index is 1.92. The monoisotopic (exact) mass is 343 g/mol. The van der Waals surface area contributed by atoms with Crippen molar-refractivity contribution in [2.45, 2.75) is 0 Å². The van der Waals surface area contributed by atoms with Crippen molar-refractivity contribution in [3.8, 4) is 17.3 Å². The molecule has 0 spiro atoms. The third-order valence-corrected chi connectivity index (χ3v) is 3.48. The number of carbonyl (C=O) groups excluding carboxylic acids is 1. The summed E-state index contributed by atoms with van der Waals surface area (Å²) in [7, 11) is 1.54. The summed E-state index contributed by atoms with van der Waals surface area (Å²) in [6.45, 7) is 0.429. The summed E-state index contributed by atoms with van der Waals surface area (Å²) < 4.78 is 21.4. The minimum absolute atomic E-state index is 0.0597. The minimum atomic E-state index is -0.366. The standard InChI is InChI=1S/C18H17NO6/c1-22-10-8-19-15(20)11-24-18-16(21)12-5-2-3-6-13(12)25-17(18)14-7-4-9-23-14/h2-7,9H,8,10-11H2,1H3,(H,19,20). The highest BCUT2D eigenvalue weighted by Crippen LogP contribution is 2.30. The van der Waals surface area contributed by atoms with E-state index in [0.717, 1.165) is 0 Å². The molecule has 1 aromatic carbocycles. The second-order valence-electron chi connectivity index (χ2n) is 5.19. The van der Waals surface area contributed by atoms with E-state index in [0.29, 0.717) is 29.9 Å². The summed E-state index contributed by atoms with van der Waals surface area (Å²) in [5.41, 5.74) is 0.0498. The molecule has 0 unspecified atom stereocenters. The maximum absolute atomic E-state index is 12.7. The van der Waals surface area contributed by atoms with Crippen LogP contribution in [0.25, 0.3) is 22.5 Å². The molecule has 1 amide bonds. The van der Waals surface area contributed by atoms with Crippen LogP contribution in [0.1, 0.15) is 0 Å². The lowest BCUT2D eigenvalue weighted by atomic mass is 10.2. The first-order chi connectivity index (χ1) is 12.2. The number of carbonyl (C=O) groups is 1. The van der Waals surface area contributed by atoms with E-state index in [1.165, 1.54) is 6.26 Å². The molecule has 0 bridgehead atoms. The number of methoxy groups -OCH3 is 1. The van der Waals surface area contributed by atoms with Crippen LogP contribution in [0.15, 0.2) is 56.3 Å². The molecule has 0 fully saturated rings. The Morgan fingerprint density at radius 2 is 2.04 bits per heavy atom. The van der Waals surface area contributed by atoms with Crippen LogP contribution in [0.5, 0.6) is 5.75 Å². The van der Waals surface area contributed by atoms with Crippen molar-refractivity contribution in [1.82, 2.24) is 5.32 Å². The van der Waals surface area contributed by atoms with Gasteiger partial charge in [0.25, 0.3) is 5.91 Å². The van der Waals surface area contributed by atoms with Gasteiger partial charge in [-0.3, -0.25) is 9.59 Å². The maximum Gasteiger partial charge on any atom is 0.258 e. The van der Waals surface area contributed by atoms with Gasteiger partial charge in [0.15, 0.2) is 12.4 Å². The van der Waals surface area contributed by atoms with Crippen molar-refractivity contribution < 1.29 is 23.1 Å². The highest BCUT2D eigenvalue weighted by molar-refractivity contribution is 5.82. The molecule has 0 saturated heterocycles. The fourth-order valence-electron chi connectivity index (χ4n) is 2.31. The van der Waals surface area contributed by atoms with Gasteiger partial charge in [0.05, 0.1) is 18.3 Å². The van der Waals surface area contributed by atoms with Gasteiger partial charge in [-0.05, 0) is 24.3 Å². The van der Waals surface area contributed by atoms with Crippen molar-refractivity contribution in [2.75, 3.05) is 26.9 Å². The average molecular weight is 343 g/mol. The zero-order valence-corrected chi connectivity index (χ0v) is 13.6. The number of furan rings is 1. The first-order valence-corrected chi connectivity index (χ1v) is 7.69. The summed E-state index contributed by atoms with van der Waals surface area (Å²) >= 11 is 0. The molecule has 2 heterocycles. The van der Waals surface area contributed by atoms with Gasteiger partial charge in [0.2, 0.25) is 16.9 Å². The predicted octanol–water partition coefficient (Wildman–Crippen LogP) is 2.19. The van der Waals surface area contributed by atoms with Crippen molar-refractivity contribution in [3.63, 3.8) is 0 Å². The molecule has 25 heavy (non-hydrogen) atoms. The fourth-order valence-corrected chi connectivity index (χ4v) is 2.31. The lowest BCUT2D eigenvalue weighted by Gasteiger charge is -2.10. The number of hydrogen-bond acceptors (Lipinski definition) is 6. The Morgan fingerprint density at radius 1 is 1.20 bits per heavy atom. The largest absolute Gasteiger partial charge is 0.476 e. The number of ether oxygens (including phenoxy) is 2. The van der Waals surface area contributed by atoms with Crippen molar-refractivity contribution in [3.05, 3.63) is 52.9 Å². The molecule has 0 aliphatic rings. The van der Waals surface area contributed by atoms with Crippen LogP contribution in [0.4, 0.5) is 0 Å². The van der Waals surface area contributed by atoms with Gasteiger partial charge in [-0.15, -0.1) is 0 Å². The van der Waals surface area contributed by atoms with Crippen LogP contribution in [0, 0.1) is 0 Å². The summed E-state index contributed by atoms with van der Waals surface area (Å²) in [6, 6.07) is 10.1. The number of amides is 1. The van der Waals surface area contributed by atoms with Gasteiger partial charge in [0.1, 0.15) is 5.58 Å². The molecule has 0 radical (unpaired) electrons. The second-order valence-corrected chi connectivity index (χ2v) is 5.19. The Kier molecular flexibility index (Phi) is 5.15. The van der Waals surface area contributed by atoms with Gasteiger partial charge in [0, 0.05) is 13.7 Å². The molecule has 130 valence electrons. The van der Waals surface area contributed by atoms with Gasteiger partial charge >= 0.3 is 0 Å². The Morgan fingerprint density at radius 3 is 2.80 bits per heavy atom. The number of para-hydroxylation sites is 1. The van der Waals surface area contributed by atoms with E-state index in [1.807, 2.05) is 0 Å². The number of fused-ring (bicyclic) bond motifs is 1. The highest BCUT2D eigenvalue weighted by Gasteiger charge is 2.20. The molecular weight excluding hydrogens is 326 g/mol. The van der Waals surface area contributed by atoms with Crippen molar-refractivity contribution in [1.29, 1.82) is 0 Å². The molecule has 2 aromatic heterocycles. The first-order valence-electron chi connectivity index (χ1n) is 7.69. The fraction of sp³-hybridized carbons (Fsp3) is 0.222. The normalized spacial score (nSPS) is 10.8. The second kappa shape index (κ2) is 7.67. The zero-order valence-electron chi connectivity index (χ0n) is 13.6. The lowest BCUT2D eigenvalue weighted by Crippen LogP contribution is -2.32. The van der Waals surface area contributed by atoms with Crippen molar-refractivity contribution >= 4 is 16.9 Å². The molecule has 0 aliphatic heterocycles. The van der Waals surface area contributed by atoms with Crippen LogP contribution < -0.4 is 15.5 Å². The summed E-state index contributed by atoms with van der Waals surface area (Å²) in [5.74, 6) is 0.0709. The summed E-state index contributed by atoms with van der Waals surface area (Å²) in [5, 5.41) is 2.99. The van der Waals surface area contributed by atoms with Gasteiger partial charge in [-0.1, -0.05) is 12.1 Å². The van der Waals surface area contributed by atoms with E-state index in [4.69, 9.17) is 18.3 Å². The Bertz CT molecular complexity index is 913. The number of benzene rings is 1. The summed E-state index contributed by atoms with van der Waals surface area (Å²) in [6.07, 6.45) is 1.46. The van der Waals surface area contributed by atoms with Gasteiger partial charge < -0.3 is 23.6 Å². The van der Waals surface area contributed by atoms with Crippen molar-refractivity contribution in [2.24, 2.45) is 0 Å². The number of hydrogen-bond donors (Lipinski definition) is 1. The molecule has 7 heteroatoms. The summed E-state index contributed by atoms with van der Waals surface area (Å²) in [4.78, 5) is 24.6. The minimum Gasteiger partial charge on any atom is -0.476 e.